The number of amides is 1. The molecular weight excluding hydrogens is 206 g/mol. The Bertz CT molecular complexity index is 413. The van der Waals surface area contributed by atoms with E-state index in [9.17, 15) is 9.59 Å². The van der Waals surface area contributed by atoms with Gasteiger partial charge in [0, 0.05) is 12.1 Å². The molecule has 0 saturated carbocycles. The van der Waals surface area contributed by atoms with Crippen molar-refractivity contribution in [1.82, 2.24) is 5.32 Å². The Morgan fingerprint density at radius 2 is 2.00 bits per heavy atom. The van der Waals surface area contributed by atoms with Crippen molar-refractivity contribution in [2.45, 2.75) is 20.3 Å². The molecule has 0 saturated heterocycles. The average Bonchev–Trinajstić information content (AvgIpc) is 2.21. The lowest BCUT2D eigenvalue weighted by Crippen LogP contribution is -2.26. The molecule has 0 atom stereocenters. The summed E-state index contributed by atoms with van der Waals surface area (Å²) in [5.41, 5.74) is 2.58. The molecule has 0 heterocycles. The number of carboxylic acids is 1. The molecule has 0 unspecified atom stereocenters. The van der Waals surface area contributed by atoms with Crippen LogP contribution in [0.2, 0.25) is 0 Å². The highest BCUT2D eigenvalue weighted by Crippen LogP contribution is 2.12. The topological polar surface area (TPSA) is 66.4 Å². The molecule has 0 bridgehead atoms. The van der Waals surface area contributed by atoms with Crippen LogP contribution in [0.1, 0.15) is 27.9 Å². The zero-order valence-corrected chi connectivity index (χ0v) is 9.41. The lowest BCUT2D eigenvalue weighted by molar-refractivity contribution is -0.136. The van der Waals surface area contributed by atoms with Crippen LogP contribution in [0.3, 0.4) is 0 Å². The highest BCUT2D eigenvalue weighted by Gasteiger charge is 2.09. The summed E-state index contributed by atoms with van der Waals surface area (Å²) in [5, 5.41) is 11.0. The fraction of sp³-hybridized carbons (Fsp3) is 0.333. The van der Waals surface area contributed by atoms with Gasteiger partial charge in [-0.05, 0) is 31.0 Å². The van der Waals surface area contributed by atoms with Crippen LogP contribution in [0.25, 0.3) is 0 Å². The smallest absolute Gasteiger partial charge is 0.305 e. The van der Waals surface area contributed by atoms with E-state index < -0.39 is 5.97 Å². The van der Waals surface area contributed by atoms with Crippen molar-refractivity contribution in [2.75, 3.05) is 6.54 Å². The van der Waals surface area contributed by atoms with E-state index in [1.54, 1.807) is 6.07 Å². The maximum atomic E-state index is 11.7. The second kappa shape index (κ2) is 5.30. The molecule has 0 aromatic heterocycles. The summed E-state index contributed by atoms with van der Waals surface area (Å²) in [6.07, 6.45) is -0.0589. The largest absolute Gasteiger partial charge is 0.481 e. The molecule has 0 aliphatic rings. The average molecular weight is 221 g/mol. The first-order valence-electron chi connectivity index (χ1n) is 5.08. The molecule has 1 amide bonds. The number of benzene rings is 1. The van der Waals surface area contributed by atoms with E-state index in [0.717, 1.165) is 11.1 Å². The fourth-order valence-electron chi connectivity index (χ4n) is 1.38. The molecule has 4 nitrogen and oxygen atoms in total. The molecule has 1 aromatic rings. The normalized spacial score (nSPS) is 9.88. The van der Waals surface area contributed by atoms with Crippen LogP contribution < -0.4 is 5.32 Å². The van der Waals surface area contributed by atoms with Gasteiger partial charge in [0.15, 0.2) is 0 Å². The number of nitrogens with one attached hydrogen (secondary N) is 1. The van der Waals surface area contributed by atoms with Crippen LogP contribution in [-0.4, -0.2) is 23.5 Å². The Balaban J connectivity index is 2.66. The number of hydrogen-bond acceptors (Lipinski definition) is 2. The molecule has 0 fully saturated rings. The first-order valence-corrected chi connectivity index (χ1v) is 5.08. The molecule has 4 heteroatoms. The Morgan fingerprint density at radius 3 is 2.62 bits per heavy atom. The van der Waals surface area contributed by atoms with Gasteiger partial charge in [0.2, 0.25) is 0 Å². The van der Waals surface area contributed by atoms with E-state index in [-0.39, 0.29) is 18.9 Å². The highest BCUT2D eigenvalue weighted by molar-refractivity contribution is 5.96. The van der Waals surface area contributed by atoms with E-state index in [1.807, 2.05) is 26.0 Å². The third-order valence-corrected chi connectivity index (χ3v) is 2.47. The van der Waals surface area contributed by atoms with Crippen molar-refractivity contribution in [3.8, 4) is 0 Å². The molecule has 0 radical (unpaired) electrons. The summed E-state index contributed by atoms with van der Waals surface area (Å²) in [5.74, 6) is -1.14. The summed E-state index contributed by atoms with van der Waals surface area (Å²) in [7, 11) is 0. The van der Waals surface area contributed by atoms with E-state index in [0.29, 0.717) is 5.56 Å². The number of carbonyl (C=O) groups is 2. The van der Waals surface area contributed by atoms with Crippen molar-refractivity contribution < 1.29 is 14.7 Å². The maximum absolute atomic E-state index is 11.7. The highest BCUT2D eigenvalue weighted by atomic mass is 16.4. The summed E-state index contributed by atoms with van der Waals surface area (Å²) in [4.78, 5) is 22.0. The summed E-state index contributed by atoms with van der Waals surface area (Å²) >= 11 is 0. The SMILES string of the molecule is Cc1cccc(C(=O)NCCC(=O)O)c1C. The van der Waals surface area contributed by atoms with Gasteiger partial charge in [-0.15, -0.1) is 0 Å². The second-order valence-corrected chi connectivity index (χ2v) is 3.65. The van der Waals surface area contributed by atoms with Crippen LogP contribution in [0.15, 0.2) is 18.2 Å². The standard InChI is InChI=1S/C12H15NO3/c1-8-4-3-5-10(9(8)2)12(16)13-7-6-11(14)15/h3-5H,6-7H2,1-2H3,(H,13,16)(H,14,15). The Labute approximate surface area is 94.3 Å². The Morgan fingerprint density at radius 1 is 1.31 bits per heavy atom. The van der Waals surface area contributed by atoms with Crippen molar-refractivity contribution in [3.05, 3.63) is 34.9 Å². The van der Waals surface area contributed by atoms with Gasteiger partial charge in [0.1, 0.15) is 0 Å². The molecule has 1 aromatic carbocycles. The van der Waals surface area contributed by atoms with Gasteiger partial charge in [-0.25, -0.2) is 0 Å². The van der Waals surface area contributed by atoms with Crippen LogP contribution >= 0.6 is 0 Å². The van der Waals surface area contributed by atoms with Gasteiger partial charge >= 0.3 is 5.97 Å². The van der Waals surface area contributed by atoms with Crippen LogP contribution in [0, 0.1) is 13.8 Å². The number of aliphatic carboxylic acids is 1. The quantitative estimate of drug-likeness (QED) is 0.809. The minimum Gasteiger partial charge on any atom is -0.481 e. The fourth-order valence-corrected chi connectivity index (χ4v) is 1.38. The number of hydrogen-bond donors (Lipinski definition) is 2. The maximum Gasteiger partial charge on any atom is 0.305 e. The van der Waals surface area contributed by atoms with E-state index in [1.165, 1.54) is 0 Å². The molecule has 0 aliphatic heterocycles. The predicted octanol–water partition coefficient (Wildman–Crippen LogP) is 1.51. The lowest BCUT2D eigenvalue weighted by atomic mass is 10.0. The zero-order valence-electron chi connectivity index (χ0n) is 9.41. The van der Waals surface area contributed by atoms with Gasteiger partial charge in [0.05, 0.1) is 6.42 Å². The van der Waals surface area contributed by atoms with E-state index in [4.69, 9.17) is 5.11 Å². The first-order chi connectivity index (χ1) is 7.52. The predicted molar refractivity (Wildman–Crippen MR) is 60.5 cm³/mol. The number of rotatable bonds is 4. The first kappa shape index (κ1) is 12.2. The summed E-state index contributed by atoms with van der Waals surface area (Å²) < 4.78 is 0. The number of carbonyl (C=O) groups excluding carboxylic acids is 1. The van der Waals surface area contributed by atoms with Crippen molar-refractivity contribution in [1.29, 1.82) is 0 Å². The zero-order chi connectivity index (χ0) is 12.1. The monoisotopic (exact) mass is 221 g/mol. The number of aryl methyl sites for hydroxylation is 1. The third kappa shape index (κ3) is 3.08. The molecule has 1 rings (SSSR count). The van der Waals surface area contributed by atoms with Gasteiger partial charge in [-0.1, -0.05) is 12.1 Å². The summed E-state index contributed by atoms with van der Waals surface area (Å²) in [6.45, 7) is 3.96. The van der Waals surface area contributed by atoms with Crippen LogP contribution in [0.4, 0.5) is 0 Å². The van der Waals surface area contributed by atoms with Crippen LogP contribution in [-0.2, 0) is 4.79 Å². The third-order valence-electron chi connectivity index (χ3n) is 2.47. The molecule has 16 heavy (non-hydrogen) atoms. The minimum absolute atomic E-state index is 0.0589. The van der Waals surface area contributed by atoms with Crippen LogP contribution in [0.5, 0.6) is 0 Å². The minimum atomic E-state index is -0.915. The van der Waals surface area contributed by atoms with E-state index >= 15 is 0 Å². The van der Waals surface area contributed by atoms with Crippen molar-refractivity contribution in [2.24, 2.45) is 0 Å². The second-order valence-electron chi connectivity index (χ2n) is 3.65. The summed E-state index contributed by atoms with van der Waals surface area (Å²) in [6, 6.07) is 5.48. The van der Waals surface area contributed by atoms with Gasteiger partial charge in [-0.3, -0.25) is 9.59 Å². The molecule has 0 spiro atoms. The molecule has 86 valence electrons. The molecule has 2 N–H and O–H groups in total. The molecular formula is C12H15NO3. The van der Waals surface area contributed by atoms with Crippen molar-refractivity contribution in [3.63, 3.8) is 0 Å². The Hall–Kier alpha value is -1.84. The number of carboxylic acid groups (broad SMARTS) is 1. The van der Waals surface area contributed by atoms with Gasteiger partial charge in [0.25, 0.3) is 5.91 Å². The Kier molecular flexibility index (Phi) is 4.05. The van der Waals surface area contributed by atoms with E-state index in [2.05, 4.69) is 5.32 Å². The molecule has 0 aliphatic carbocycles. The van der Waals surface area contributed by atoms with Gasteiger partial charge < -0.3 is 10.4 Å². The van der Waals surface area contributed by atoms with Crippen molar-refractivity contribution >= 4 is 11.9 Å². The van der Waals surface area contributed by atoms with Gasteiger partial charge in [-0.2, -0.15) is 0 Å². The lowest BCUT2D eigenvalue weighted by Gasteiger charge is -2.08.